The Hall–Kier alpha value is -3.31. The number of hydrogen-bond donors (Lipinski definition) is 2. The van der Waals surface area contributed by atoms with Crippen molar-refractivity contribution in [2.75, 3.05) is 37.6 Å². The van der Waals surface area contributed by atoms with Crippen molar-refractivity contribution < 1.29 is 27.6 Å². The Labute approximate surface area is 205 Å². The largest absolute Gasteiger partial charge is 0.324 e. The van der Waals surface area contributed by atoms with Crippen molar-refractivity contribution >= 4 is 35.1 Å². The molecule has 1 fully saturated rings. The van der Waals surface area contributed by atoms with E-state index >= 15 is 0 Å². The molecule has 1 saturated heterocycles. The maximum Gasteiger partial charge on any atom is 0.324 e. The first-order valence-corrected chi connectivity index (χ1v) is 11.3. The lowest BCUT2D eigenvalue weighted by atomic mass is 10.1. The quantitative estimate of drug-likeness (QED) is 0.583. The predicted octanol–water partition coefficient (Wildman–Crippen LogP) is 3.27. The van der Waals surface area contributed by atoms with Crippen LogP contribution in [0.4, 0.5) is 23.7 Å². The smallest absolute Gasteiger partial charge is 0.322 e. The van der Waals surface area contributed by atoms with Crippen LogP contribution in [0.25, 0.3) is 0 Å². The number of nitrogens with zero attached hydrogens (tertiary/aromatic N) is 3. The number of alkyl halides is 2. The van der Waals surface area contributed by atoms with Crippen LogP contribution in [0, 0.1) is 5.82 Å². The van der Waals surface area contributed by atoms with E-state index in [0.29, 0.717) is 24.3 Å². The van der Waals surface area contributed by atoms with Crippen LogP contribution in [0.2, 0.25) is 5.02 Å². The first-order valence-electron chi connectivity index (χ1n) is 10.9. The third-order valence-electron chi connectivity index (χ3n) is 5.59. The standard InChI is InChI=1S/C23H25ClF3N5O3/c1-2-30-9-11-31(12-10-30)23(35)32(17-7-8-18(24)19(25)13-17)14-15-3-5-16(6-4-15)21(33)28-29-22(34)20(26)27/h3-8,13,20H,2,9-12,14H2,1H3,(H,28,33)(H,29,34). The van der Waals surface area contributed by atoms with Gasteiger partial charge in [-0.05, 0) is 42.4 Å². The molecule has 0 radical (unpaired) electrons. The number of likely N-dealkylation sites (N-methyl/N-ethyl adjacent to an activating group) is 1. The van der Waals surface area contributed by atoms with Crippen LogP contribution < -0.4 is 15.8 Å². The molecule has 188 valence electrons. The third-order valence-corrected chi connectivity index (χ3v) is 5.90. The van der Waals surface area contributed by atoms with Gasteiger partial charge in [0.25, 0.3) is 5.91 Å². The van der Waals surface area contributed by atoms with E-state index in [1.807, 2.05) is 5.43 Å². The number of rotatable bonds is 6. The van der Waals surface area contributed by atoms with E-state index in [4.69, 9.17) is 11.6 Å². The summed E-state index contributed by atoms with van der Waals surface area (Å²) < 4.78 is 38.7. The molecular weight excluding hydrogens is 487 g/mol. The van der Waals surface area contributed by atoms with Gasteiger partial charge < -0.3 is 9.80 Å². The summed E-state index contributed by atoms with van der Waals surface area (Å²) in [7, 11) is 0. The van der Waals surface area contributed by atoms with E-state index < -0.39 is 24.1 Å². The molecule has 0 spiro atoms. The number of anilines is 1. The molecule has 2 aromatic carbocycles. The molecule has 0 unspecified atom stereocenters. The van der Waals surface area contributed by atoms with Crippen molar-refractivity contribution in [2.24, 2.45) is 0 Å². The van der Waals surface area contributed by atoms with Gasteiger partial charge >= 0.3 is 18.4 Å². The van der Waals surface area contributed by atoms with Crippen LogP contribution in [0.1, 0.15) is 22.8 Å². The Morgan fingerprint density at radius 1 is 1.03 bits per heavy atom. The summed E-state index contributed by atoms with van der Waals surface area (Å²) in [6.07, 6.45) is -3.26. The van der Waals surface area contributed by atoms with Crippen LogP contribution in [0.15, 0.2) is 42.5 Å². The van der Waals surface area contributed by atoms with Gasteiger partial charge in [-0.2, -0.15) is 8.78 Å². The highest BCUT2D eigenvalue weighted by Crippen LogP contribution is 2.25. The summed E-state index contributed by atoms with van der Waals surface area (Å²) in [6, 6.07) is 9.82. The zero-order chi connectivity index (χ0) is 25.5. The molecule has 8 nitrogen and oxygen atoms in total. The van der Waals surface area contributed by atoms with Crippen molar-refractivity contribution in [2.45, 2.75) is 19.9 Å². The molecule has 1 heterocycles. The highest BCUT2D eigenvalue weighted by atomic mass is 35.5. The number of piperazine rings is 1. The molecule has 2 N–H and O–H groups in total. The maximum absolute atomic E-state index is 14.2. The number of hydrogen-bond acceptors (Lipinski definition) is 4. The summed E-state index contributed by atoms with van der Waals surface area (Å²) in [5.74, 6) is -3.07. The molecule has 35 heavy (non-hydrogen) atoms. The number of hydrazine groups is 1. The fourth-order valence-electron chi connectivity index (χ4n) is 3.54. The van der Waals surface area contributed by atoms with Crippen molar-refractivity contribution in [3.63, 3.8) is 0 Å². The minimum absolute atomic E-state index is 0.0630. The molecular formula is C23H25ClF3N5O3. The normalized spacial score (nSPS) is 14.1. The Bertz CT molecular complexity index is 1060. The molecule has 0 aromatic heterocycles. The summed E-state index contributed by atoms with van der Waals surface area (Å²) in [5.41, 5.74) is 4.58. The first kappa shape index (κ1) is 26.3. The van der Waals surface area contributed by atoms with Gasteiger partial charge in [0.15, 0.2) is 0 Å². The Balaban J connectivity index is 1.76. The lowest BCUT2D eigenvalue weighted by Gasteiger charge is -2.37. The fraction of sp³-hybridized carbons (Fsp3) is 0.348. The molecule has 3 rings (SSSR count). The fourth-order valence-corrected chi connectivity index (χ4v) is 3.66. The van der Waals surface area contributed by atoms with Crippen LogP contribution in [-0.2, 0) is 11.3 Å². The van der Waals surface area contributed by atoms with Gasteiger partial charge in [0, 0.05) is 37.4 Å². The molecule has 0 saturated carbocycles. The van der Waals surface area contributed by atoms with Crippen molar-refractivity contribution in [3.05, 3.63) is 64.4 Å². The van der Waals surface area contributed by atoms with E-state index in [-0.39, 0.29) is 23.2 Å². The van der Waals surface area contributed by atoms with Gasteiger partial charge in [0.05, 0.1) is 11.6 Å². The van der Waals surface area contributed by atoms with Crippen LogP contribution in [0.5, 0.6) is 0 Å². The average Bonchev–Trinajstić information content (AvgIpc) is 2.87. The van der Waals surface area contributed by atoms with Gasteiger partial charge in [-0.25, -0.2) is 9.18 Å². The van der Waals surface area contributed by atoms with Gasteiger partial charge in [0.1, 0.15) is 5.82 Å². The third kappa shape index (κ3) is 6.86. The van der Waals surface area contributed by atoms with Gasteiger partial charge in [0.2, 0.25) is 0 Å². The second-order valence-corrected chi connectivity index (χ2v) is 8.24. The average molecular weight is 512 g/mol. The Kier molecular flexibility index (Phi) is 8.94. The van der Waals surface area contributed by atoms with Crippen LogP contribution in [0.3, 0.4) is 0 Å². The number of carbonyl (C=O) groups is 3. The second-order valence-electron chi connectivity index (χ2n) is 7.83. The zero-order valence-electron chi connectivity index (χ0n) is 18.9. The summed E-state index contributed by atoms with van der Waals surface area (Å²) in [5, 5.41) is -0.0630. The zero-order valence-corrected chi connectivity index (χ0v) is 19.7. The van der Waals surface area contributed by atoms with E-state index in [1.165, 1.54) is 29.2 Å². The van der Waals surface area contributed by atoms with E-state index in [9.17, 15) is 27.6 Å². The van der Waals surface area contributed by atoms with Crippen molar-refractivity contribution in [1.82, 2.24) is 20.7 Å². The van der Waals surface area contributed by atoms with E-state index in [1.54, 1.807) is 28.5 Å². The highest BCUT2D eigenvalue weighted by molar-refractivity contribution is 6.30. The van der Waals surface area contributed by atoms with E-state index in [2.05, 4.69) is 11.8 Å². The number of amides is 4. The number of benzene rings is 2. The number of carbonyl (C=O) groups excluding carboxylic acids is 3. The van der Waals surface area contributed by atoms with E-state index in [0.717, 1.165) is 19.6 Å². The summed E-state index contributed by atoms with van der Waals surface area (Å²) >= 11 is 5.82. The molecule has 0 atom stereocenters. The van der Waals surface area contributed by atoms with Crippen LogP contribution in [-0.4, -0.2) is 66.8 Å². The summed E-state index contributed by atoms with van der Waals surface area (Å²) in [4.78, 5) is 41.7. The van der Waals surface area contributed by atoms with Gasteiger partial charge in [-0.1, -0.05) is 30.7 Å². The number of nitrogens with one attached hydrogen (secondary N) is 2. The number of halogens is 4. The molecule has 12 heteroatoms. The number of urea groups is 1. The topological polar surface area (TPSA) is 85.0 Å². The first-order chi connectivity index (χ1) is 16.7. The maximum atomic E-state index is 14.2. The highest BCUT2D eigenvalue weighted by Gasteiger charge is 2.26. The van der Waals surface area contributed by atoms with Crippen molar-refractivity contribution in [1.29, 1.82) is 0 Å². The molecule has 1 aliphatic heterocycles. The SMILES string of the molecule is CCN1CCN(C(=O)N(Cc2ccc(C(=O)NNC(=O)C(F)F)cc2)c2ccc(Cl)c(F)c2)CC1. The van der Waals surface area contributed by atoms with Gasteiger partial charge in [-0.3, -0.25) is 25.3 Å². The van der Waals surface area contributed by atoms with Gasteiger partial charge in [-0.15, -0.1) is 0 Å². The van der Waals surface area contributed by atoms with Crippen molar-refractivity contribution in [3.8, 4) is 0 Å². The molecule has 0 aliphatic carbocycles. The lowest BCUT2D eigenvalue weighted by Crippen LogP contribution is -2.52. The molecule has 1 aliphatic rings. The summed E-state index contributed by atoms with van der Waals surface area (Å²) in [6.45, 7) is 5.55. The predicted molar refractivity (Wildman–Crippen MR) is 125 cm³/mol. The molecule has 4 amide bonds. The lowest BCUT2D eigenvalue weighted by molar-refractivity contribution is -0.132. The molecule has 2 aromatic rings. The Morgan fingerprint density at radius 2 is 1.69 bits per heavy atom. The minimum atomic E-state index is -3.26. The second kappa shape index (κ2) is 11.9. The minimum Gasteiger partial charge on any atom is -0.322 e. The van der Waals surface area contributed by atoms with Crippen LogP contribution >= 0.6 is 11.6 Å². The monoisotopic (exact) mass is 511 g/mol. The Morgan fingerprint density at radius 3 is 2.26 bits per heavy atom. The molecule has 0 bridgehead atoms.